The molecular weight excluding hydrogens is 325 g/mol. The fourth-order valence-electron chi connectivity index (χ4n) is 2.85. The molecule has 0 atom stereocenters. The van der Waals surface area contributed by atoms with Gasteiger partial charge in [-0.05, 0) is 55.7 Å². The lowest BCUT2D eigenvalue weighted by Crippen LogP contribution is -2.29. The average molecular weight is 342 g/mol. The number of benzene rings is 1. The highest BCUT2D eigenvalue weighted by atomic mass is 32.1. The molecule has 1 aromatic heterocycles. The van der Waals surface area contributed by atoms with Crippen molar-refractivity contribution in [3.05, 3.63) is 34.9 Å². The van der Waals surface area contributed by atoms with Crippen LogP contribution in [0.3, 0.4) is 0 Å². The zero-order valence-electron chi connectivity index (χ0n) is 12.7. The van der Waals surface area contributed by atoms with Crippen LogP contribution in [0.15, 0.2) is 24.3 Å². The fraction of sp³-hybridized carbons (Fsp3) is 0.467. The molecule has 2 aromatic rings. The normalized spacial score (nSPS) is 15.9. The fourth-order valence-corrected chi connectivity index (χ4v) is 3.08. The van der Waals surface area contributed by atoms with E-state index in [4.69, 9.17) is 12.2 Å². The van der Waals surface area contributed by atoms with Gasteiger partial charge in [-0.1, -0.05) is 0 Å². The van der Waals surface area contributed by atoms with Crippen LogP contribution in [0.1, 0.15) is 25.1 Å². The van der Waals surface area contributed by atoms with E-state index in [-0.39, 0.29) is 4.77 Å². The Morgan fingerprint density at radius 3 is 2.13 bits per heavy atom. The van der Waals surface area contributed by atoms with Crippen molar-refractivity contribution < 1.29 is 13.2 Å². The van der Waals surface area contributed by atoms with Gasteiger partial charge >= 0.3 is 6.18 Å². The molecule has 0 unspecified atom stereocenters. The largest absolute Gasteiger partial charge is 0.452 e. The Labute approximate surface area is 137 Å². The number of hydrogen-bond acceptors (Lipinski definition) is 3. The van der Waals surface area contributed by atoms with Crippen molar-refractivity contribution in [1.29, 1.82) is 0 Å². The lowest BCUT2D eigenvalue weighted by molar-refractivity contribution is -0.146. The van der Waals surface area contributed by atoms with Gasteiger partial charge in [0.25, 0.3) is 0 Å². The molecule has 4 nitrogen and oxygen atoms in total. The van der Waals surface area contributed by atoms with Crippen LogP contribution in [0, 0.1) is 4.77 Å². The van der Waals surface area contributed by atoms with Crippen molar-refractivity contribution in [1.82, 2.24) is 14.3 Å². The third-order valence-electron chi connectivity index (χ3n) is 4.01. The molecule has 0 aliphatic carbocycles. The van der Waals surface area contributed by atoms with Crippen molar-refractivity contribution in [2.45, 2.75) is 25.4 Å². The Bertz CT molecular complexity index is 740. The van der Waals surface area contributed by atoms with Crippen LogP contribution >= 0.6 is 12.2 Å². The summed E-state index contributed by atoms with van der Waals surface area (Å²) >= 11 is 5.08. The Hall–Kier alpha value is -1.83. The Balaban J connectivity index is 1.98. The molecule has 2 heterocycles. The minimum absolute atomic E-state index is 0.0167. The molecule has 0 N–H and O–H groups in total. The summed E-state index contributed by atoms with van der Waals surface area (Å²) < 4.78 is 41.5. The molecule has 8 heteroatoms. The second-order valence-electron chi connectivity index (χ2n) is 5.63. The molecule has 124 valence electrons. The standard InChI is InChI=1S/C15H17F3N4S/c1-20-14(23)22(13(19-20)15(16,17)18)12-7-5-11(6-8-12)21-9-3-2-4-10-21/h5-8H,2-4,9-10H2,1H3. The maximum atomic E-state index is 13.1. The molecular formula is C15H17F3N4S. The molecule has 1 fully saturated rings. The van der Waals surface area contributed by atoms with Crippen LogP contribution in [0.2, 0.25) is 0 Å². The number of alkyl halides is 3. The minimum atomic E-state index is -4.56. The summed E-state index contributed by atoms with van der Waals surface area (Å²) in [6.07, 6.45) is -1.03. The number of anilines is 1. The second kappa shape index (κ2) is 5.99. The average Bonchev–Trinajstić information content (AvgIpc) is 2.84. The first-order valence-corrected chi connectivity index (χ1v) is 7.87. The van der Waals surface area contributed by atoms with Crippen molar-refractivity contribution in [2.75, 3.05) is 18.0 Å². The van der Waals surface area contributed by atoms with E-state index in [1.165, 1.54) is 13.5 Å². The third-order valence-corrected chi connectivity index (χ3v) is 4.45. The van der Waals surface area contributed by atoms with Crippen LogP contribution in [-0.2, 0) is 13.2 Å². The van der Waals surface area contributed by atoms with Gasteiger partial charge in [0, 0.05) is 25.8 Å². The molecule has 1 aliphatic heterocycles. The Morgan fingerprint density at radius 1 is 1.00 bits per heavy atom. The highest BCUT2D eigenvalue weighted by Crippen LogP contribution is 2.30. The summed E-state index contributed by atoms with van der Waals surface area (Å²) in [6.45, 7) is 1.97. The molecule has 0 bridgehead atoms. The van der Waals surface area contributed by atoms with Gasteiger partial charge in [-0.25, -0.2) is 4.68 Å². The third kappa shape index (κ3) is 3.12. The van der Waals surface area contributed by atoms with Gasteiger partial charge in [-0.3, -0.25) is 4.57 Å². The summed E-state index contributed by atoms with van der Waals surface area (Å²) in [6, 6.07) is 7.01. The quantitative estimate of drug-likeness (QED) is 0.773. The summed E-state index contributed by atoms with van der Waals surface area (Å²) in [5.41, 5.74) is 1.40. The van der Waals surface area contributed by atoms with Gasteiger partial charge in [0.05, 0.1) is 5.69 Å². The van der Waals surface area contributed by atoms with Gasteiger partial charge in [-0.2, -0.15) is 13.2 Å². The maximum absolute atomic E-state index is 13.1. The van der Waals surface area contributed by atoms with Crippen molar-refractivity contribution in [3.8, 4) is 5.69 Å². The topological polar surface area (TPSA) is 26.0 Å². The highest BCUT2D eigenvalue weighted by molar-refractivity contribution is 7.71. The van der Waals surface area contributed by atoms with Crippen LogP contribution in [0.25, 0.3) is 5.69 Å². The summed E-state index contributed by atoms with van der Waals surface area (Å²) in [5, 5.41) is 3.51. The monoisotopic (exact) mass is 342 g/mol. The zero-order valence-corrected chi connectivity index (χ0v) is 13.5. The van der Waals surface area contributed by atoms with Gasteiger partial charge in [0.1, 0.15) is 0 Å². The first-order valence-electron chi connectivity index (χ1n) is 7.46. The number of rotatable bonds is 2. The first kappa shape index (κ1) is 16.0. The van der Waals surface area contributed by atoms with Crippen LogP contribution in [-0.4, -0.2) is 27.4 Å². The smallest absolute Gasteiger partial charge is 0.372 e. The number of hydrogen-bond donors (Lipinski definition) is 0. The van der Waals surface area contributed by atoms with E-state index < -0.39 is 12.0 Å². The van der Waals surface area contributed by atoms with Crippen molar-refractivity contribution in [2.24, 2.45) is 7.05 Å². The molecule has 0 amide bonds. The zero-order chi connectivity index (χ0) is 16.6. The number of nitrogens with zero attached hydrogens (tertiary/aromatic N) is 4. The number of halogens is 3. The summed E-state index contributed by atoms with van der Waals surface area (Å²) in [4.78, 5) is 2.25. The summed E-state index contributed by atoms with van der Waals surface area (Å²) in [7, 11) is 1.41. The molecule has 3 rings (SSSR count). The first-order chi connectivity index (χ1) is 10.9. The Morgan fingerprint density at radius 2 is 1.57 bits per heavy atom. The maximum Gasteiger partial charge on any atom is 0.452 e. The molecule has 0 saturated carbocycles. The van der Waals surface area contributed by atoms with E-state index in [2.05, 4.69) is 10.00 Å². The van der Waals surface area contributed by atoms with E-state index in [0.717, 1.165) is 40.9 Å². The molecule has 1 aliphatic rings. The van der Waals surface area contributed by atoms with Gasteiger partial charge in [-0.15, -0.1) is 5.10 Å². The number of piperidine rings is 1. The van der Waals surface area contributed by atoms with Crippen molar-refractivity contribution >= 4 is 17.9 Å². The van der Waals surface area contributed by atoms with E-state index >= 15 is 0 Å². The highest BCUT2D eigenvalue weighted by Gasteiger charge is 2.38. The van der Waals surface area contributed by atoms with Crippen molar-refractivity contribution in [3.63, 3.8) is 0 Å². The molecule has 1 aromatic carbocycles. The van der Waals surface area contributed by atoms with E-state index in [1.807, 2.05) is 12.1 Å². The molecule has 1 saturated heterocycles. The summed E-state index contributed by atoms with van der Waals surface area (Å²) in [5.74, 6) is -1.00. The van der Waals surface area contributed by atoms with Crippen LogP contribution in [0.4, 0.5) is 18.9 Å². The van der Waals surface area contributed by atoms with Crippen LogP contribution < -0.4 is 4.90 Å². The molecule has 0 radical (unpaired) electrons. The SMILES string of the molecule is Cn1nc(C(F)(F)F)n(-c2ccc(N3CCCCC3)cc2)c1=S. The minimum Gasteiger partial charge on any atom is -0.372 e. The second-order valence-corrected chi connectivity index (χ2v) is 5.99. The van der Waals surface area contributed by atoms with E-state index in [1.54, 1.807) is 12.1 Å². The van der Waals surface area contributed by atoms with Gasteiger partial charge in [0.15, 0.2) is 0 Å². The van der Waals surface area contributed by atoms with Gasteiger partial charge in [0.2, 0.25) is 10.6 Å². The van der Waals surface area contributed by atoms with Gasteiger partial charge < -0.3 is 4.90 Å². The van der Waals surface area contributed by atoms with E-state index in [9.17, 15) is 13.2 Å². The lowest BCUT2D eigenvalue weighted by Gasteiger charge is -2.28. The number of aryl methyl sites for hydroxylation is 1. The molecule has 23 heavy (non-hydrogen) atoms. The number of aromatic nitrogens is 3. The van der Waals surface area contributed by atoms with Crippen LogP contribution in [0.5, 0.6) is 0 Å². The molecule has 0 spiro atoms. The lowest BCUT2D eigenvalue weighted by atomic mass is 10.1. The van der Waals surface area contributed by atoms with E-state index in [0.29, 0.717) is 5.69 Å². The Kier molecular flexibility index (Phi) is 4.18. The predicted molar refractivity (Wildman–Crippen MR) is 84.4 cm³/mol. The predicted octanol–water partition coefficient (Wildman–Crippen LogP) is 3.95.